The molecule has 2 aromatic heterocycles. The summed E-state index contributed by atoms with van der Waals surface area (Å²) >= 11 is 0. The number of aryl methyl sites for hydroxylation is 2. The smallest absolute Gasteiger partial charge is 0.226 e. The van der Waals surface area contributed by atoms with Crippen LogP contribution in [-0.2, 0) is 6.54 Å². The Morgan fingerprint density at radius 1 is 1.24 bits per heavy atom. The first kappa shape index (κ1) is 17.2. The summed E-state index contributed by atoms with van der Waals surface area (Å²) < 4.78 is 16.1. The van der Waals surface area contributed by atoms with Gasteiger partial charge in [-0.05, 0) is 51.6 Å². The van der Waals surface area contributed by atoms with Crippen molar-refractivity contribution >= 4 is 0 Å². The molecule has 2 heterocycles. The fourth-order valence-corrected chi connectivity index (χ4v) is 2.75. The lowest BCUT2D eigenvalue weighted by atomic mass is 10.1. The SMILES string of the molecule is COc1ccc(-c2nc(CN(C)[C@H](C)c3ccon3)c(C)o2)cc1C. The van der Waals surface area contributed by atoms with Crippen LogP contribution in [0.25, 0.3) is 11.5 Å². The van der Waals surface area contributed by atoms with Crippen LogP contribution in [0, 0.1) is 13.8 Å². The molecule has 0 bridgehead atoms. The lowest BCUT2D eigenvalue weighted by Gasteiger charge is -2.21. The summed E-state index contributed by atoms with van der Waals surface area (Å²) in [6.45, 7) is 6.70. The van der Waals surface area contributed by atoms with Gasteiger partial charge in [0.05, 0.1) is 18.8 Å². The van der Waals surface area contributed by atoms with E-state index in [1.54, 1.807) is 13.4 Å². The lowest BCUT2D eigenvalue weighted by Crippen LogP contribution is -2.22. The molecule has 0 saturated carbocycles. The van der Waals surface area contributed by atoms with Crippen LogP contribution < -0.4 is 4.74 Å². The van der Waals surface area contributed by atoms with E-state index in [1.165, 1.54) is 0 Å². The Morgan fingerprint density at radius 2 is 2.04 bits per heavy atom. The minimum atomic E-state index is 0.126. The number of oxazole rings is 1. The number of nitrogens with zero attached hydrogens (tertiary/aromatic N) is 3. The highest BCUT2D eigenvalue weighted by atomic mass is 16.5. The molecule has 0 saturated heterocycles. The predicted molar refractivity (Wildman–Crippen MR) is 94.4 cm³/mol. The monoisotopic (exact) mass is 341 g/mol. The normalized spacial score (nSPS) is 12.6. The molecule has 25 heavy (non-hydrogen) atoms. The molecular formula is C19H23N3O3. The zero-order valence-corrected chi connectivity index (χ0v) is 15.2. The topological polar surface area (TPSA) is 64.5 Å². The zero-order chi connectivity index (χ0) is 18.0. The van der Waals surface area contributed by atoms with Crippen LogP contribution in [-0.4, -0.2) is 29.2 Å². The van der Waals surface area contributed by atoms with E-state index in [-0.39, 0.29) is 6.04 Å². The maximum atomic E-state index is 5.89. The van der Waals surface area contributed by atoms with Crippen molar-refractivity contribution in [3.63, 3.8) is 0 Å². The highest BCUT2D eigenvalue weighted by Crippen LogP contribution is 2.28. The van der Waals surface area contributed by atoms with Gasteiger partial charge in [0.1, 0.15) is 23.5 Å². The highest BCUT2D eigenvalue weighted by molar-refractivity contribution is 5.57. The highest BCUT2D eigenvalue weighted by Gasteiger charge is 2.19. The first-order valence-corrected chi connectivity index (χ1v) is 8.21. The van der Waals surface area contributed by atoms with Crippen LogP contribution in [0.4, 0.5) is 0 Å². The standard InChI is InChI=1S/C19H23N3O3/c1-12-10-15(6-7-18(12)23-5)19-20-17(14(3)25-19)11-22(4)13(2)16-8-9-24-21-16/h6-10,13H,11H2,1-5H3/t13-/m1/s1. The second-order valence-corrected chi connectivity index (χ2v) is 6.22. The number of rotatable bonds is 6. The average Bonchev–Trinajstić information content (AvgIpc) is 3.24. The Morgan fingerprint density at radius 3 is 2.68 bits per heavy atom. The van der Waals surface area contributed by atoms with E-state index in [4.69, 9.17) is 13.7 Å². The molecule has 3 aromatic rings. The van der Waals surface area contributed by atoms with Crippen molar-refractivity contribution in [1.29, 1.82) is 0 Å². The summed E-state index contributed by atoms with van der Waals surface area (Å²) in [5.74, 6) is 2.30. The molecule has 1 atom stereocenters. The Balaban J connectivity index is 1.79. The van der Waals surface area contributed by atoms with Gasteiger partial charge in [0.25, 0.3) is 0 Å². The summed E-state index contributed by atoms with van der Waals surface area (Å²) in [6, 6.07) is 7.92. The number of hydrogen-bond acceptors (Lipinski definition) is 6. The van der Waals surface area contributed by atoms with E-state index in [0.29, 0.717) is 12.4 Å². The number of aromatic nitrogens is 2. The molecule has 0 aliphatic heterocycles. The first-order chi connectivity index (χ1) is 12.0. The molecule has 0 spiro atoms. The Kier molecular flexibility index (Phi) is 4.90. The van der Waals surface area contributed by atoms with Gasteiger partial charge in [0.15, 0.2) is 0 Å². The zero-order valence-electron chi connectivity index (χ0n) is 15.2. The lowest BCUT2D eigenvalue weighted by molar-refractivity contribution is 0.237. The van der Waals surface area contributed by atoms with E-state index in [1.807, 2.05) is 45.2 Å². The molecule has 132 valence electrons. The minimum Gasteiger partial charge on any atom is -0.496 e. The molecule has 1 aromatic carbocycles. The number of ether oxygens (including phenoxy) is 1. The molecule has 6 nitrogen and oxygen atoms in total. The molecule has 0 N–H and O–H groups in total. The Labute approximate surface area is 147 Å². The molecule has 6 heteroatoms. The molecule has 0 unspecified atom stereocenters. The van der Waals surface area contributed by atoms with Gasteiger partial charge in [-0.15, -0.1) is 0 Å². The van der Waals surface area contributed by atoms with E-state index in [9.17, 15) is 0 Å². The van der Waals surface area contributed by atoms with Gasteiger partial charge in [0, 0.05) is 18.2 Å². The Bertz CT molecular complexity index is 840. The van der Waals surface area contributed by atoms with Crippen molar-refractivity contribution in [1.82, 2.24) is 15.0 Å². The van der Waals surface area contributed by atoms with Crippen molar-refractivity contribution in [2.45, 2.75) is 33.4 Å². The third-order valence-electron chi connectivity index (χ3n) is 4.48. The van der Waals surface area contributed by atoms with Crippen molar-refractivity contribution < 1.29 is 13.7 Å². The third kappa shape index (κ3) is 3.58. The summed E-state index contributed by atoms with van der Waals surface area (Å²) in [5, 5.41) is 4.01. The van der Waals surface area contributed by atoms with Crippen LogP contribution in [0.15, 0.2) is 39.5 Å². The minimum absolute atomic E-state index is 0.126. The van der Waals surface area contributed by atoms with Gasteiger partial charge in [-0.25, -0.2) is 4.98 Å². The second kappa shape index (κ2) is 7.11. The van der Waals surface area contributed by atoms with E-state index < -0.39 is 0 Å². The maximum Gasteiger partial charge on any atom is 0.226 e. The fourth-order valence-electron chi connectivity index (χ4n) is 2.75. The van der Waals surface area contributed by atoms with Gasteiger partial charge in [-0.3, -0.25) is 4.90 Å². The maximum absolute atomic E-state index is 5.89. The molecular weight excluding hydrogens is 318 g/mol. The number of hydrogen-bond donors (Lipinski definition) is 0. The van der Waals surface area contributed by atoms with Gasteiger partial charge < -0.3 is 13.7 Å². The number of benzene rings is 1. The van der Waals surface area contributed by atoms with Crippen molar-refractivity contribution in [3.05, 3.63) is 53.2 Å². The molecule has 0 aliphatic carbocycles. The molecule has 0 aliphatic rings. The Hall–Kier alpha value is -2.60. The first-order valence-electron chi connectivity index (χ1n) is 8.21. The largest absolute Gasteiger partial charge is 0.496 e. The predicted octanol–water partition coefficient (Wildman–Crippen LogP) is 4.15. The van der Waals surface area contributed by atoms with Gasteiger partial charge >= 0.3 is 0 Å². The van der Waals surface area contributed by atoms with Crippen molar-refractivity contribution in [3.8, 4) is 17.2 Å². The van der Waals surface area contributed by atoms with Crippen LogP contribution in [0.3, 0.4) is 0 Å². The average molecular weight is 341 g/mol. The van der Waals surface area contributed by atoms with E-state index in [2.05, 4.69) is 22.0 Å². The van der Waals surface area contributed by atoms with Crippen LogP contribution in [0.5, 0.6) is 5.75 Å². The summed E-state index contributed by atoms with van der Waals surface area (Å²) in [7, 11) is 3.70. The van der Waals surface area contributed by atoms with Crippen molar-refractivity contribution in [2.24, 2.45) is 0 Å². The fraction of sp³-hybridized carbons (Fsp3) is 0.368. The van der Waals surface area contributed by atoms with Crippen LogP contribution in [0.1, 0.15) is 35.7 Å². The molecule has 0 fully saturated rings. The van der Waals surface area contributed by atoms with Crippen molar-refractivity contribution in [2.75, 3.05) is 14.2 Å². The van der Waals surface area contributed by atoms with Gasteiger partial charge in [0.2, 0.25) is 5.89 Å². The number of methoxy groups -OCH3 is 1. The van der Waals surface area contributed by atoms with Gasteiger partial charge in [-0.1, -0.05) is 5.16 Å². The van der Waals surface area contributed by atoms with Crippen LogP contribution in [0.2, 0.25) is 0 Å². The summed E-state index contributed by atoms with van der Waals surface area (Å²) in [6.07, 6.45) is 1.59. The molecule has 0 radical (unpaired) electrons. The summed E-state index contributed by atoms with van der Waals surface area (Å²) in [5.41, 5.74) is 3.81. The summed E-state index contributed by atoms with van der Waals surface area (Å²) in [4.78, 5) is 6.85. The molecule has 3 rings (SSSR count). The quantitative estimate of drug-likeness (QED) is 0.671. The van der Waals surface area contributed by atoms with E-state index in [0.717, 1.165) is 34.0 Å². The van der Waals surface area contributed by atoms with Crippen LogP contribution >= 0.6 is 0 Å². The second-order valence-electron chi connectivity index (χ2n) is 6.22. The van der Waals surface area contributed by atoms with Gasteiger partial charge in [-0.2, -0.15) is 0 Å². The molecule has 0 amide bonds. The third-order valence-corrected chi connectivity index (χ3v) is 4.48. The van der Waals surface area contributed by atoms with E-state index >= 15 is 0 Å².